The van der Waals surface area contributed by atoms with Crippen molar-refractivity contribution >= 4 is 11.7 Å². The van der Waals surface area contributed by atoms with Crippen molar-refractivity contribution in [2.24, 2.45) is 5.84 Å². The molecule has 0 radical (unpaired) electrons. The molecule has 1 aromatic carbocycles. The first-order chi connectivity index (χ1) is 18.8. The fourth-order valence-corrected chi connectivity index (χ4v) is 9.63. The Balaban J connectivity index is 1.46. The number of hydrogen-bond donors (Lipinski definition) is 3. The van der Waals surface area contributed by atoms with Gasteiger partial charge in [-0.3, -0.25) is 0 Å². The maximum atomic E-state index is 14.5. The molecule has 4 aliphatic rings. The zero-order valence-electron chi connectivity index (χ0n) is 23.2. The van der Waals surface area contributed by atoms with Crippen LogP contribution in [-0.2, 0) is 6.42 Å². The molecule has 0 aromatic heterocycles. The number of aryl methyl sites for hydroxylation is 1. The number of halogens is 3. The van der Waals surface area contributed by atoms with E-state index >= 15 is 0 Å². The molecule has 0 bridgehead atoms. The second kappa shape index (κ2) is 12.4. The number of anilines is 1. The van der Waals surface area contributed by atoms with Crippen molar-refractivity contribution in [1.82, 2.24) is 30.6 Å². The Kier molecular flexibility index (Phi) is 9.16. The summed E-state index contributed by atoms with van der Waals surface area (Å²) in [5.41, 5.74) is 4.22. The molecule has 4 N–H and O–H groups in total. The summed E-state index contributed by atoms with van der Waals surface area (Å²) in [4.78, 5) is 14.4. The number of nitrogens with zero attached hydrogens (tertiary/aromatic N) is 5. The van der Waals surface area contributed by atoms with Crippen LogP contribution in [0.4, 0.5) is 19.3 Å². The molecule has 1 aromatic rings. The number of urea groups is 1. The van der Waals surface area contributed by atoms with Crippen LogP contribution in [0, 0.1) is 0 Å². The summed E-state index contributed by atoms with van der Waals surface area (Å²) < 4.78 is 32.5. The molecule has 0 spiro atoms. The Morgan fingerprint density at radius 3 is 2.54 bits per heavy atom. The topological polar surface area (TPSA) is 83.3 Å². The number of nitrogens with two attached hydrogens (primary N) is 1. The molecule has 39 heavy (non-hydrogen) atoms. The van der Waals surface area contributed by atoms with E-state index in [-0.39, 0.29) is 23.6 Å². The fraction of sp³-hybridized carbons (Fsp3) is 0.667. The first kappa shape index (κ1) is 28.8. The second-order valence-corrected chi connectivity index (χ2v) is 14.0. The van der Waals surface area contributed by atoms with Gasteiger partial charge in [-0.1, -0.05) is 0 Å². The molecule has 9 nitrogen and oxygen atoms in total. The van der Waals surface area contributed by atoms with E-state index in [9.17, 15) is 13.6 Å². The summed E-state index contributed by atoms with van der Waals surface area (Å²) in [5, 5.41) is 12.4. The van der Waals surface area contributed by atoms with Crippen molar-refractivity contribution in [2.75, 3.05) is 70.1 Å². The van der Waals surface area contributed by atoms with Gasteiger partial charge in [0.2, 0.25) is 0 Å². The van der Waals surface area contributed by atoms with Gasteiger partial charge in [-0.25, -0.2) is 0 Å². The van der Waals surface area contributed by atoms with E-state index < -0.39 is 27.9 Å². The number of carbonyl (C=O) groups excluding carboxylic acids is 1. The van der Waals surface area contributed by atoms with E-state index in [0.717, 1.165) is 75.4 Å². The van der Waals surface area contributed by atoms with Crippen LogP contribution in [0.25, 0.3) is 0 Å². The van der Waals surface area contributed by atoms with Gasteiger partial charge < -0.3 is 0 Å². The molecule has 12 heteroatoms. The summed E-state index contributed by atoms with van der Waals surface area (Å²) >= 11 is -0.736. The van der Waals surface area contributed by atoms with Crippen molar-refractivity contribution < 1.29 is 35.1 Å². The van der Waals surface area contributed by atoms with E-state index in [0.29, 0.717) is 19.5 Å². The van der Waals surface area contributed by atoms with Crippen LogP contribution in [0.1, 0.15) is 54.7 Å². The van der Waals surface area contributed by atoms with Gasteiger partial charge in [0.1, 0.15) is 0 Å². The van der Waals surface area contributed by atoms with E-state index in [1.165, 1.54) is 9.14 Å². The predicted octanol–water partition coefficient (Wildman–Crippen LogP) is -0.559. The Morgan fingerprint density at radius 1 is 1.15 bits per heavy atom. The van der Waals surface area contributed by atoms with Crippen LogP contribution in [0.3, 0.4) is 0 Å². The second-order valence-electron chi connectivity index (χ2n) is 11.0. The molecular weight excluding hydrogens is 617 g/mol. The molecule has 5 rings (SSSR count). The van der Waals surface area contributed by atoms with Gasteiger partial charge >= 0.3 is 242 Å². The number of hydrazine groups is 2. The third-order valence-corrected chi connectivity index (χ3v) is 11.7. The summed E-state index contributed by atoms with van der Waals surface area (Å²) in [7, 11) is 5.67. The van der Waals surface area contributed by atoms with Crippen molar-refractivity contribution in [1.29, 1.82) is 0 Å². The molecule has 0 aliphatic carbocycles. The molecule has 4 heterocycles. The van der Waals surface area contributed by atoms with Crippen molar-refractivity contribution in [2.45, 2.75) is 50.5 Å². The number of nitrogens with one attached hydrogen (secondary N) is 2. The van der Waals surface area contributed by atoms with Crippen molar-refractivity contribution in [3.05, 3.63) is 38.1 Å². The quantitative estimate of drug-likeness (QED) is 0.164. The first-order valence-corrected chi connectivity index (χ1v) is 16.0. The van der Waals surface area contributed by atoms with Crippen molar-refractivity contribution in [3.63, 3.8) is 0 Å². The van der Waals surface area contributed by atoms with Crippen LogP contribution >= 0.6 is 0 Å². The molecule has 0 saturated carbocycles. The standard InChI is InChI=1S/C27H42F2IN8O/c1-32-27(39)36-12-8-24(38(31)20-6-9-33-10-7-20)23(17-36)30-37-11-4-5-18-13-21(19-15-34(2)35(3)16-19)22(26(28)29)14-25(18)37/h13-14,19-20,26,33H,4-12,15-17,31H2,1-3H3,(H,32,39)/q-1. The molecule has 2 saturated heterocycles. The maximum absolute atomic E-state index is 14.5. The molecule has 0 unspecified atom stereocenters. The summed E-state index contributed by atoms with van der Waals surface area (Å²) in [5.74, 6) is 6.84. The van der Waals surface area contributed by atoms with Crippen LogP contribution in [-0.4, -0.2) is 99.0 Å². The normalized spacial score (nSPS) is 22.2. The average molecular weight is 660 g/mol. The molecule has 4 aliphatic heterocycles. The van der Waals surface area contributed by atoms with Crippen LogP contribution in [0.15, 0.2) is 21.4 Å². The summed E-state index contributed by atoms with van der Waals surface area (Å²) in [6.07, 6.45) is 2.07. The Morgan fingerprint density at radius 2 is 1.87 bits per heavy atom. The molecular formula is C27H42F2IN8O-. The first-order valence-electron chi connectivity index (χ1n) is 14.0. The minimum absolute atomic E-state index is 0.0731. The number of amides is 2. The van der Waals surface area contributed by atoms with Gasteiger partial charge in [-0.15, -0.1) is 0 Å². The predicted molar refractivity (Wildman–Crippen MR) is 145 cm³/mol. The molecule has 2 amide bonds. The summed E-state index contributed by atoms with van der Waals surface area (Å²) in [6.45, 7) is 5.40. The summed E-state index contributed by atoms with van der Waals surface area (Å²) in [6, 6.07) is 4.04. The van der Waals surface area contributed by atoms with Crippen LogP contribution in [0.5, 0.6) is 0 Å². The van der Waals surface area contributed by atoms with Gasteiger partial charge in [0.25, 0.3) is 0 Å². The number of alkyl halides is 2. The molecule has 218 valence electrons. The van der Waals surface area contributed by atoms with Crippen LogP contribution in [0.2, 0.25) is 0 Å². The van der Waals surface area contributed by atoms with Gasteiger partial charge in [0.05, 0.1) is 0 Å². The number of piperidine rings is 1. The number of likely N-dealkylation sites (N-methyl/N-ethyl adjacent to an activating group) is 2. The van der Waals surface area contributed by atoms with Gasteiger partial charge in [0, 0.05) is 0 Å². The Bertz CT molecular complexity index is 1070. The number of rotatable bonds is 6. The number of hydrogen-bond acceptors (Lipinski definition) is 7. The molecule has 2 fully saturated rings. The van der Waals surface area contributed by atoms with Gasteiger partial charge in [0.15, 0.2) is 0 Å². The SMILES string of the molecule is CNC(=O)N1CCC(N(N)C2CCNCC2)=C([I-]N2CCCc3cc(C4CN(C)N(C)C4)c(C(F)F)cc32)C1. The zero-order chi connectivity index (χ0) is 27.7. The third-order valence-electron chi connectivity index (χ3n) is 8.55. The van der Waals surface area contributed by atoms with Gasteiger partial charge in [-0.2, -0.15) is 0 Å². The molecule has 0 atom stereocenters. The number of carbonyl (C=O) groups is 1. The minimum atomic E-state index is -2.52. The number of fused-ring (bicyclic) bond motifs is 1. The van der Waals surface area contributed by atoms with E-state index in [1.807, 2.05) is 24.0 Å². The average Bonchev–Trinajstić information content (AvgIpc) is 3.29. The van der Waals surface area contributed by atoms with Crippen molar-refractivity contribution in [3.8, 4) is 0 Å². The van der Waals surface area contributed by atoms with Gasteiger partial charge in [-0.05, 0) is 0 Å². The van der Waals surface area contributed by atoms with E-state index in [2.05, 4.69) is 29.8 Å². The fourth-order valence-electron chi connectivity index (χ4n) is 6.24. The monoisotopic (exact) mass is 659 g/mol. The van der Waals surface area contributed by atoms with Crippen LogP contribution < -0.4 is 41.1 Å². The van der Waals surface area contributed by atoms with E-state index in [1.54, 1.807) is 13.1 Å². The third kappa shape index (κ3) is 6.14. The zero-order valence-corrected chi connectivity index (χ0v) is 25.4. The Hall–Kier alpha value is -1.74. The van der Waals surface area contributed by atoms with E-state index in [4.69, 9.17) is 5.84 Å². The Labute approximate surface area is 241 Å². The number of benzene rings is 1.